The zero-order chi connectivity index (χ0) is 17.1. The summed E-state index contributed by atoms with van der Waals surface area (Å²) in [6.45, 7) is 0. The number of nitrogens with zero attached hydrogens (tertiary/aromatic N) is 5. The highest BCUT2D eigenvalue weighted by atomic mass is 32.2. The van der Waals surface area contributed by atoms with E-state index in [1.807, 2.05) is 31.5 Å². The first-order chi connectivity index (χ1) is 11.6. The van der Waals surface area contributed by atoms with Crippen LogP contribution >= 0.6 is 11.8 Å². The number of carbonyl (C=O) groups excluding carboxylic acids is 1. The van der Waals surface area contributed by atoms with Gasteiger partial charge in [-0.25, -0.2) is 4.98 Å². The number of benzene rings is 1. The number of amides is 1. The third-order valence-corrected chi connectivity index (χ3v) is 4.13. The van der Waals surface area contributed by atoms with E-state index in [0.29, 0.717) is 11.5 Å². The van der Waals surface area contributed by atoms with Gasteiger partial charge >= 0.3 is 0 Å². The van der Waals surface area contributed by atoms with Crippen LogP contribution in [0, 0.1) is 0 Å². The van der Waals surface area contributed by atoms with Crippen LogP contribution < -0.4 is 11.1 Å². The Bertz CT molecular complexity index is 893. The normalized spacial score (nSPS) is 10.6. The average molecular weight is 341 g/mol. The summed E-state index contributed by atoms with van der Waals surface area (Å²) in [5.41, 5.74) is 7.65. The van der Waals surface area contributed by atoms with Gasteiger partial charge in [0.25, 0.3) is 5.91 Å². The number of nitrogens with two attached hydrogens (primary N) is 1. The summed E-state index contributed by atoms with van der Waals surface area (Å²) in [5.74, 6) is -0.00710. The van der Waals surface area contributed by atoms with Gasteiger partial charge in [0.2, 0.25) is 0 Å². The van der Waals surface area contributed by atoms with Crippen LogP contribution in [0.2, 0.25) is 0 Å². The molecule has 3 aromatic rings. The number of aryl methyl sites for hydroxylation is 1. The Balaban J connectivity index is 2.05. The summed E-state index contributed by atoms with van der Waals surface area (Å²) >= 11 is 1.56. The van der Waals surface area contributed by atoms with E-state index in [2.05, 4.69) is 25.6 Å². The second kappa shape index (κ2) is 6.67. The quantitative estimate of drug-likeness (QED) is 0.681. The number of carbonyl (C=O) groups is 1. The topological polar surface area (TPSA) is 112 Å². The molecule has 0 aliphatic heterocycles. The molecule has 0 aliphatic rings. The van der Waals surface area contributed by atoms with Crippen LogP contribution in [-0.2, 0) is 7.05 Å². The highest BCUT2D eigenvalue weighted by Gasteiger charge is 2.15. The summed E-state index contributed by atoms with van der Waals surface area (Å²) in [6.07, 6.45) is 5.11. The number of aromatic nitrogens is 5. The number of anilines is 2. The van der Waals surface area contributed by atoms with Gasteiger partial charge in [-0.1, -0.05) is 6.07 Å². The SMILES string of the molecule is CSc1c(Nc2ccnnc2C(N)=O)cccc1-c1ncn(C)n1. The van der Waals surface area contributed by atoms with Crippen molar-refractivity contribution in [2.75, 3.05) is 11.6 Å². The molecule has 8 nitrogen and oxygen atoms in total. The lowest BCUT2D eigenvalue weighted by Crippen LogP contribution is -2.16. The molecule has 3 rings (SSSR count). The van der Waals surface area contributed by atoms with Crippen LogP contribution in [0.3, 0.4) is 0 Å². The van der Waals surface area contributed by atoms with Gasteiger partial charge in [-0.2, -0.15) is 10.2 Å². The van der Waals surface area contributed by atoms with Crippen LogP contribution in [0.15, 0.2) is 41.7 Å². The van der Waals surface area contributed by atoms with Gasteiger partial charge in [0.1, 0.15) is 6.33 Å². The van der Waals surface area contributed by atoms with Crippen molar-refractivity contribution in [2.24, 2.45) is 12.8 Å². The number of rotatable bonds is 5. The lowest BCUT2D eigenvalue weighted by Gasteiger charge is -2.14. The molecule has 2 aromatic heterocycles. The molecule has 3 N–H and O–H groups in total. The largest absolute Gasteiger partial charge is 0.364 e. The first-order valence-electron chi connectivity index (χ1n) is 7.01. The Morgan fingerprint density at radius 3 is 2.79 bits per heavy atom. The van der Waals surface area contributed by atoms with Gasteiger partial charge < -0.3 is 11.1 Å². The van der Waals surface area contributed by atoms with Gasteiger partial charge in [0, 0.05) is 17.5 Å². The Labute approximate surface area is 142 Å². The molecule has 0 radical (unpaired) electrons. The maximum Gasteiger partial charge on any atom is 0.271 e. The van der Waals surface area contributed by atoms with Crippen LogP contribution in [0.4, 0.5) is 11.4 Å². The van der Waals surface area contributed by atoms with Crippen LogP contribution in [0.1, 0.15) is 10.5 Å². The van der Waals surface area contributed by atoms with Crippen molar-refractivity contribution in [3.8, 4) is 11.4 Å². The fourth-order valence-corrected chi connectivity index (χ4v) is 2.97. The summed E-state index contributed by atoms with van der Waals surface area (Å²) in [5, 5.41) is 15.0. The molecule has 0 spiro atoms. The van der Waals surface area contributed by atoms with E-state index in [0.717, 1.165) is 16.1 Å². The standard InChI is InChI=1S/C15H15N7OS/c1-22-8-17-15(21-22)9-4-3-5-11(13(9)24-2)19-10-6-7-18-20-12(10)14(16)23/h3-8H,1-2H3,(H2,16,23)(H,18,19). The molecule has 1 amide bonds. The van der Waals surface area contributed by atoms with Crippen molar-refractivity contribution in [2.45, 2.75) is 4.90 Å². The van der Waals surface area contributed by atoms with Crippen molar-refractivity contribution < 1.29 is 4.79 Å². The predicted molar refractivity (Wildman–Crippen MR) is 92.1 cm³/mol. The number of nitrogens with one attached hydrogen (secondary N) is 1. The zero-order valence-electron chi connectivity index (χ0n) is 13.1. The summed E-state index contributed by atoms with van der Waals surface area (Å²) in [7, 11) is 1.82. The van der Waals surface area contributed by atoms with Crippen LogP contribution in [-0.4, -0.2) is 37.1 Å². The van der Waals surface area contributed by atoms with E-state index >= 15 is 0 Å². The Morgan fingerprint density at radius 2 is 2.12 bits per heavy atom. The van der Waals surface area contributed by atoms with Gasteiger partial charge in [0.05, 0.1) is 17.6 Å². The minimum Gasteiger partial charge on any atom is -0.364 e. The molecule has 2 heterocycles. The van der Waals surface area contributed by atoms with Gasteiger partial charge in [-0.3, -0.25) is 9.48 Å². The predicted octanol–water partition coefficient (Wildman–Crippen LogP) is 1.84. The van der Waals surface area contributed by atoms with E-state index in [1.54, 1.807) is 28.8 Å². The maximum atomic E-state index is 11.5. The smallest absolute Gasteiger partial charge is 0.271 e. The molecule has 0 fully saturated rings. The van der Waals surface area contributed by atoms with Crippen LogP contribution in [0.25, 0.3) is 11.4 Å². The van der Waals surface area contributed by atoms with Gasteiger partial charge in [-0.05, 0) is 24.5 Å². The van der Waals surface area contributed by atoms with E-state index in [1.165, 1.54) is 6.20 Å². The lowest BCUT2D eigenvalue weighted by molar-refractivity contribution is 0.0995. The first-order valence-corrected chi connectivity index (χ1v) is 8.24. The molecule has 0 atom stereocenters. The van der Waals surface area contributed by atoms with E-state index in [9.17, 15) is 4.79 Å². The fraction of sp³-hybridized carbons (Fsp3) is 0.133. The molecular weight excluding hydrogens is 326 g/mol. The Hall–Kier alpha value is -2.94. The highest BCUT2D eigenvalue weighted by Crippen LogP contribution is 2.36. The Kier molecular flexibility index (Phi) is 4.43. The number of hydrogen-bond donors (Lipinski definition) is 2. The molecule has 122 valence electrons. The molecule has 0 bridgehead atoms. The lowest BCUT2D eigenvalue weighted by atomic mass is 10.1. The third kappa shape index (κ3) is 3.06. The minimum absolute atomic E-state index is 0.0888. The summed E-state index contributed by atoms with van der Waals surface area (Å²) in [6, 6.07) is 7.41. The van der Waals surface area contributed by atoms with E-state index in [-0.39, 0.29) is 5.69 Å². The molecule has 0 saturated carbocycles. The second-order valence-corrected chi connectivity index (χ2v) is 5.73. The molecule has 0 aliphatic carbocycles. The van der Waals surface area contributed by atoms with E-state index in [4.69, 9.17) is 5.73 Å². The number of thioether (sulfide) groups is 1. The van der Waals surface area contributed by atoms with Crippen LogP contribution in [0.5, 0.6) is 0 Å². The maximum absolute atomic E-state index is 11.5. The molecule has 0 saturated heterocycles. The van der Waals surface area contributed by atoms with Gasteiger partial charge in [-0.15, -0.1) is 16.9 Å². The van der Waals surface area contributed by atoms with Crippen molar-refractivity contribution in [1.29, 1.82) is 0 Å². The first kappa shape index (κ1) is 15.9. The fourth-order valence-electron chi connectivity index (χ4n) is 2.25. The second-order valence-electron chi connectivity index (χ2n) is 4.91. The van der Waals surface area contributed by atoms with Crippen molar-refractivity contribution in [1.82, 2.24) is 25.0 Å². The zero-order valence-corrected chi connectivity index (χ0v) is 13.9. The van der Waals surface area contributed by atoms with E-state index < -0.39 is 5.91 Å². The molecule has 0 unspecified atom stereocenters. The molecule has 9 heteroatoms. The average Bonchev–Trinajstić information content (AvgIpc) is 3.01. The molecule has 24 heavy (non-hydrogen) atoms. The Morgan fingerprint density at radius 1 is 1.29 bits per heavy atom. The summed E-state index contributed by atoms with van der Waals surface area (Å²) < 4.78 is 1.65. The van der Waals surface area contributed by atoms with Gasteiger partial charge in [0.15, 0.2) is 11.5 Å². The number of hydrogen-bond acceptors (Lipinski definition) is 7. The van der Waals surface area contributed by atoms with Crippen molar-refractivity contribution in [3.63, 3.8) is 0 Å². The van der Waals surface area contributed by atoms with Crippen molar-refractivity contribution in [3.05, 3.63) is 42.5 Å². The number of primary amides is 1. The molecular formula is C15H15N7OS. The monoisotopic (exact) mass is 341 g/mol. The highest BCUT2D eigenvalue weighted by molar-refractivity contribution is 7.98. The van der Waals surface area contributed by atoms with Crippen molar-refractivity contribution >= 4 is 29.0 Å². The third-order valence-electron chi connectivity index (χ3n) is 3.28. The molecule has 1 aromatic carbocycles. The summed E-state index contributed by atoms with van der Waals surface area (Å²) in [4.78, 5) is 16.8. The minimum atomic E-state index is -0.640.